The highest BCUT2D eigenvalue weighted by molar-refractivity contribution is 5.01. The highest BCUT2D eigenvalue weighted by atomic mass is 16.5. The molecule has 1 aliphatic rings. The fourth-order valence-corrected chi connectivity index (χ4v) is 3.00. The number of rotatable bonds is 4. The van der Waals surface area contributed by atoms with Crippen LogP contribution in [-0.4, -0.2) is 61.4 Å². The van der Waals surface area contributed by atoms with Crippen LogP contribution in [0.15, 0.2) is 4.52 Å². The summed E-state index contributed by atoms with van der Waals surface area (Å²) in [5, 5.41) is 12.6. The van der Waals surface area contributed by atoms with E-state index in [-0.39, 0.29) is 6.04 Å². The van der Waals surface area contributed by atoms with Crippen molar-refractivity contribution in [2.75, 3.05) is 26.7 Å². The van der Waals surface area contributed by atoms with Gasteiger partial charge in [0.1, 0.15) is 17.7 Å². The normalized spacial score (nSPS) is 20.5. The largest absolute Gasteiger partial charge is 0.338 e. The van der Waals surface area contributed by atoms with Gasteiger partial charge in [-0.1, -0.05) is 19.0 Å². The van der Waals surface area contributed by atoms with Gasteiger partial charge in [-0.2, -0.15) is 4.98 Å². The molecule has 0 bridgehead atoms. The van der Waals surface area contributed by atoms with Crippen molar-refractivity contribution in [2.24, 2.45) is 7.05 Å². The van der Waals surface area contributed by atoms with E-state index in [2.05, 4.69) is 55.6 Å². The minimum Gasteiger partial charge on any atom is -0.338 e. The monoisotopic (exact) mass is 319 g/mol. The van der Waals surface area contributed by atoms with Gasteiger partial charge in [0.05, 0.1) is 6.54 Å². The third-order valence-electron chi connectivity index (χ3n) is 4.44. The first-order chi connectivity index (χ1) is 11.0. The van der Waals surface area contributed by atoms with Crippen molar-refractivity contribution in [1.82, 2.24) is 34.7 Å². The van der Waals surface area contributed by atoms with E-state index in [1.807, 2.05) is 14.0 Å². The molecule has 0 aromatic carbocycles. The van der Waals surface area contributed by atoms with Crippen LogP contribution < -0.4 is 0 Å². The van der Waals surface area contributed by atoms with Crippen LogP contribution in [0.3, 0.4) is 0 Å². The van der Waals surface area contributed by atoms with E-state index >= 15 is 0 Å². The lowest BCUT2D eigenvalue weighted by Crippen LogP contribution is -2.46. The number of likely N-dealkylation sites (N-methyl/N-ethyl adjacent to an activating group) is 1. The van der Waals surface area contributed by atoms with Gasteiger partial charge in [-0.25, -0.2) is 0 Å². The van der Waals surface area contributed by atoms with Gasteiger partial charge in [-0.3, -0.25) is 9.80 Å². The molecule has 0 radical (unpaired) electrons. The molecule has 8 nitrogen and oxygen atoms in total. The minimum atomic E-state index is 0.128. The molecule has 126 valence electrons. The van der Waals surface area contributed by atoms with Crippen LogP contribution in [0.1, 0.15) is 49.2 Å². The van der Waals surface area contributed by atoms with Crippen LogP contribution in [0.25, 0.3) is 0 Å². The van der Waals surface area contributed by atoms with E-state index in [0.29, 0.717) is 17.6 Å². The molecule has 3 heterocycles. The molecule has 0 spiro atoms. The maximum Gasteiger partial charge on any atom is 0.245 e. The third-order valence-corrected chi connectivity index (χ3v) is 4.44. The molecule has 0 N–H and O–H groups in total. The SMILES string of the molecule is Cc1noc(C2CN(Cc3nnc(C(C)C)n3C)CCN2C)n1. The Balaban J connectivity index is 1.72. The predicted molar refractivity (Wildman–Crippen MR) is 84.8 cm³/mol. The second-order valence-corrected chi connectivity index (χ2v) is 6.60. The fourth-order valence-electron chi connectivity index (χ4n) is 3.00. The maximum absolute atomic E-state index is 5.37. The van der Waals surface area contributed by atoms with Crippen LogP contribution in [0.4, 0.5) is 0 Å². The summed E-state index contributed by atoms with van der Waals surface area (Å²) in [6.45, 7) is 9.70. The number of hydrogen-bond acceptors (Lipinski definition) is 7. The van der Waals surface area contributed by atoms with Crippen LogP contribution in [0.2, 0.25) is 0 Å². The number of aromatic nitrogens is 5. The molecule has 1 atom stereocenters. The minimum absolute atomic E-state index is 0.128. The highest BCUT2D eigenvalue weighted by Gasteiger charge is 2.30. The van der Waals surface area contributed by atoms with Crippen molar-refractivity contribution in [3.05, 3.63) is 23.4 Å². The van der Waals surface area contributed by atoms with Gasteiger partial charge < -0.3 is 9.09 Å². The molecule has 0 aliphatic carbocycles. The Morgan fingerprint density at radius 1 is 1.22 bits per heavy atom. The van der Waals surface area contributed by atoms with Gasteiger partial charge >= 0.3 is 0 Å². The molecule has 2 aromatic heterocycles. The number of aryl methyl sites for hydroxylation is 1. The lowest BCUT2D eigenvalue weighted by Gasteiger charge is -2.37. The average Bonchev–Trinajstić information content (AvgIpc) is 3.08. The summed E-state index contributed by atoms with van der Waals surface area (Å²) in [6, 6.07) is 0.128. The molecular formula is C15H25N7O. The molecule has 1 aliphatic heterocycles. The fraction of sp³-hybridized carbons (Fsp3) is 0.733. The van der Waals surface area contributed by atoms with Crippen LogP contribution >= 0.6 is 0 Å². The molecule has 1 fully saturated rings. The molecule has 2 aromatic rings. The quantitative estimate of drug-likeness (QED) is 0.835. The lowest BCUT2D eigenvalue weighted by molar-refractivity contribution is 0.0693. The molecule has 0 saturated carbocycles. The van der Waals surface area contributed by atoms with E-state index in [4.69, 9.17) is 4.52 Å². The number of nitrogens with zero attached hydrogens (tertiary/aromatic N) is 7. The Labute approximate surface area is 136 Å². The molecule has 8 heteroatoms. The summed E-state index contributed by atoms with van der Waals surface area (Å²) in [5.41, 5.74) is 0. The van der Waals surface area contributed by atoms with Gasteiger partial charge in [-0.15, -0.1) is 10.2 Å². The van der Waals surface area contributed by atoms with Crippen LogP contribution in [0.5, 0.6) is 0 Å². The summed E-state index contributed by atoms with van der Waals surface area (Å²) in [6.07, 6.45) is 0. The molecule has 1 unspecified atom stereocenters. The average molecular weight is 319 g/mol. The van der Waals surface area contributed by atoms with Crippen molar-refractivity contribution in [1.29, 1.82) is 0 Å². The number of hydrogen-bond donors (Lipinski definition) is 0. The smallest absolute Gasteiger partial charge is 0.245 e. The third kappa shape index (κ3) is 3.28. The van der Waals surface area contributed by atoms with Crippen LogP contribution in [0, 0.1) is 6.92 Å². The van der Waals surface area contributed by atoms with E-state index in [9.17, 15) is 0 Å². The Morgan fingerprint density at radius 2 is 2.00 bits per heavy atom. The summed E-state index contributed by atoms with van der Waals surface area (Å²) in [4.78, 5) is 9.03. The van der Waals surface area contributed by atoms with E-state index < -0.39 is 0 Å². The van der Waals surface area contributed by atoms with Crippen molar-refractivity contribution in [3.63, 3.8) is 0 Å². The Morgan fingerprint density at radius 3 is 2.61 bits per heavy atom. The van der Waals surface area contributed by atoms with Gasteiger partial charge in [0.25, 0.3) is 0 Å². The molecule has 3 rings (SSSR count). The molecular weight excluding hydrogens is 294 g/mol. The summed E-state index contributed by atoms with van der Waals surface area (Å²) in [5.74, 6) is 3.77. The lowest BCUT2D eigenvalue weighted by atomic mass is 10.1. The topological polar surface area (TPSA) is 76.1 Å². The van der Waals surface area contributed by atoms with Gasteiger partial charge in [0.15, 0.2) is 5.82 Å². The first kappa shape index (κ1) is 16.1. The zero-order valence-electron chi connectivity index (χ0n) is 14.5. The Kier molecular flexibility index (Phi) is 4.45. The van der Waals surface area contributed by atoms with Crippen molar-refractivity contribution < 1.29 is 4.52 Å². The summed E-state index contributed by atoms with van der Waals surface area (Å²) < 4.78 is 7.48. The number of piperazine rings is 1. The van der Waals surface area contributed by atoms with Crippen molar-refractivity contribution in [2.45, 2.75) is 39.3 Å². The Hall–Kier alpha value is -1.80. The zero-order chi connectivity index (χ0) is 16.6. The van der Waals surface area contributed by atoms with E-state index in [0.717, 1.165) is 37.8 Å². The summed E-state index contributed by atoms with van der Waals surface area (Å²) >= 11 is 0. The van der Waals surface area contributed by atoms with Gasteiger partial charge in [0, 0.05) is 32.6 Å². The molecule has 0 amide bonds. The first-order valence-electron chi connectivity index (χ1n) is 8.06. The Bertz CT molecular complexity index is 663. The van der Waals surface area contributed by atoms with Crippen molar-refractivity contribution >= 4 is 0 Å². The molecule has 1 saturated heterocycles. The first-order valence-corrected chi connectivity index (χ1v) is 8.06. The van der Waals surface area contributed by atoms with E-state index in [1.165, 1.54) is 0 Å². The standard InChI is InChI=1S/C15H25N7O/c1-10(2)14-18-17-13(21(14)5)9-22-7-6-20(4)12(8-22)15-16-11(3)19-23-15/h10,12H,6-9H2,1-5H3. The second-order valence-electron chi connectivity index (χ2n) is 6.60. The van der Waals surface area contributed by atoms with E-state index in [1.54, 1.807) is 0 Å². The van der Waals surface area contributed by atoms with Crippen LogP contribution in [-0.2, 0) is 13.6 Å². The highest BCUT2D eigenvalue weighted by Crippen LogP contribution is 2.23. The van der Waals surface area contributed by atoms with Crippen molar-refractivity contribution in [3.8, 4) is 0 Å². The second kappa shape index (κ2) is 6.37. The van der Waals surface area contributed by atoms with Gasteiger partial charge in [-0.05, 0) is 14.0 Å². The zero-order valence-corrected chi connectivity index (χ0v) is 14.5. The molecule has 23 heavy (non-hydrogen) atoms. The maximum atomic E-state index is 5.37. The van der Waals surface area contributed by atoms with Gasteiger partial charge in [0.2, 0.25) is 5.89 Å². The summed E-state index contributed by atoms with van der Waals surface area (Å²) in [7, 11) is 4.14. The predicted octanol–water partition coefficient (Wildman–Crippen LogP) is 1.12.